The number of para-hydroxylation sites is 2. The summed E-state index contributed by atoms with van der Waals surface area (Å²) in [6, 6.07) is 25.9. The van der Waals surface area contributed by atoms with E-state index in [9.17, 15) is 14.4 Å². The van der Waals surface area contributed by atoms with Crippen LogP contribution in [0.5, 0.6) is 0 Å². The Morgan fingerprint density at radius 3 is 1.70 bits per heavy atom. The van der Waals surface area contributed by atoms with Gasteiger partial charge in [-0.05, 0) is 42.8 Å². The summed E-state index contributed by atoms with van der Waals surface area (Å²) in [4.78, 5) is 38.7. The Balaban J connectivity index is 1.38. The molecule has 0 unspecified atom stereocenters. The first-order valence-electron chi connectivity index (χ1n) is 9.80. The van der Waals surface area contributed by atoms with Crippen molar-refractivity contribution >= 4 is 29.1 Å². The van der Waals surface area contributed by atoms with Gasteiger partial charge >= 0.3 is 0 Å². The third-order valence-electron chi connectivity index (χ3n) is 4.93. The molecular weight excluding hydrogens is 378 g/mol. The van der Waals surface area contributed by atoms with E-state index in [-0.39, 0.29) is 30.7 Å². The van der Waals surface area contributed by atoms with Crippen LogP contribution in [0.3, 0.4) is 0 Å². The Labute approximate surface area is 174 Å². The first kappa shape index (κ1) is 19.4. The van der Waals surface area contributed by atoms with Gasteiger partial charge in [-0.1, -0.05) is 48.5 Å². The van der Waals surface area contributed by atoms with Gasteiger partial charge in [-0.2, -0.15) is 0 Å². The standard InChI is InChI=1S/C24H21N3O3/c28-22(16-9-17-26-23(29)20-14-7-8-15-21(20)24(26)30)25-27(18-10-3-1-4-11-18)19-12-5-2-6-13-19/h1-8,10-15H,9,16-17H2,(H,25,28). The van der Waals surface area contributed by atoms with E-state index in [1.54, 1.807) is 29.3 Å². The van der Waals surface area contributed by atoms with Crippen molar-refractivity contribution in [2.75, 3.05) is 11.6 Å². The van der Waals surface area contributed by atoms with Crippen molar-refractivity contribution in [3.8, 4) is 0 Å². The second-order valence-corrected chi connectivity index (χ2v) is 6.95. The first-order valence-corrected chi connectivity index (χ1v) is 9.80. The van der Waals surface area contributed by atoms with E-state index < -0.39 is 0 Å². The number of benzene rings is 3. The molecule has 0 aromatic heterocycles. The Kier molecular flexibility index (Phi) is 5.57. The molecule has 1 heterocycles. The lowest BCUT2D eigenvalue weighted by Crippen LogP contribution is -2.39. The minimum atomic E-state index is -0.300. The molecule has 6 nitrogen and oxygen atoms in total. The van der Waals surface area contributed by atoms with Crippen molar-refractivity contribution in [1.82, 2.24) is 10.3 Å². The van der Waals surface area contributed by atoms with Crippen LogP contribution in [-0.2, 0) is 4.79 Å². The average molecular weight is 399 g/mol. The van der Waals surface area contributed by atoms with Gasteiger partial charge in [0.15, 0.2) is 0 Å². The monoisotopic (exact) mass is 399 g/mol. The molecule has 6 heteroatoms. The van der Waals surface area contributed by atoms with E-state index in [2.05, 4.69) is 5.43 Å². The number of hydrogen-bond acceptors (Lipinski definition) is 4. The van der Waals surface area contributed by atoms with Crippen LogP contribution in [0.1, 0.15) is 33.6 Å². The van der Waals surface area contributed by atoms with Crippen LogP contribution in [0.2, 0.25) is 0 Å². The van der Waals surface area contributed by atoms with Crippen LogP contribution >= 0.6 is 0 Å². The van der Waals surface area contributed by atoms with Crippen LogP contribution in [0.4, 0.5) is 11.4 Å². The van der Waals surface area contributed by atoms with E-state index in [4.69, 9.17) is 0 Å². The summed E-state index contributed by atoms with van der Waals surface area (Å²) in [6.45, 7) is 0.205. The number of carbonyl (C=O) groups excluding carboxylic acids is 3. The van der Waals surface area contributed by atoms with E-state index in [0.29, 0.717) is 17.5 Å². The lowest BCUT2D eigenvalue weighted by Gasteiger charge is -2.25. The van der Waals surface area contributed by atoms with Gasteiger partial charge in [0.2, 0.25) is 5.91 Å². The summed E-state index contributed by atoms with van der Waals surface area (Å²) in [6.07, 6.45) is 0.568. The van der Waals surface area contributed by atoms with E-state index >= 15 is 0 Å². The molecule has 1 N–H and O–H groups in total. The van der Waals surface area contributed by atoms with Gasteiger partial charge in [-0.3, -0.25) is 29.7 Å². The van der Waals surface area contributed by atoms with Crippen molar-refractivity contribution in [2.45, 2.75) is 12.8 Å². The molecule has 3 aromatic carbocycles. The fraction of sp³-hybridized carbons (Fsp3) is 0.125. The molecule has 0 radical (unpaired) electrons. The molecule has 0 bridgehead atoms. The first-order chi connectivity index (χ1) is 14.6. The fourth-order valence-corrected chi connectivity index (χ4v) is 3.45. The second-order valence-electron chi connectivity index (χ2n) is 6.95. The number of nitrogens with one attached hydrogen (secondary N) is 1. The van der Waals surface area contributed by atoms with Crippen LogP contribution < -0.4 is 10.4 Å². The topological polar surface area (TPSA) is 69.7 Å². The molecule has 0 fully saturated rings. The molecule has 4 rings (SSSR count). The van der Waals surface area contributed by atoms with Gasteiger partial charge in [0.05, 0.1) is 22.5 Å². The highest BCUT2D eigenvalue weighted by Crippen LogP contribution is 2.24. The zero-order valence-electron chi connectivity index (χ0n) is 16.3. The quantitative estimate of drug-likeness (QED) is 0.483. The van der Waals surface area contributed by atoms with Crippen molar-refractivity contribution in [2.24, 2.45) is 0 Å². The number of nitrogens with zero attached hydrogens (tertiary/aromatic N) is 2. The largest absolute Gasteiger partial charge is 0.274 e. The number of hydrazine groups is 1. The highest BCUT2D eigenvalue weighted by atomic mass is 16.2. The zero-order chi connectivity index (χ0) is 20.9. The van der Waals surface area contributed by atoms with Crippen molar-refractivity contribution in [3.63, 3.8) is 0 Å². The maximum absolute atomic E-state index is 12.6. The van der Waals surface area contributed by atoms with Crippen molar-refractivity contribution in [3.05, 3.63) is 96.1 Å². The van der Waals surface area contributed by atoms with Gasteiger partial charge < -0.3 is 0 Å². The van der Waals surface area contributed by atoms with Gasteiger partial charge in [0.1, 0.15) is 0 Å². The number of anilines is 2. The zero-order valence-corrected chi connectivity index (χ0v) is 16.3. The van der Waals surface area contributed by atoms with E-state index in [0.717, 1.165) is 11.4 Å². The van der Waals surface area contributed by atoms with Crippen LogP contribution in [0.25, 0.3) is 0 Å². The summed E-state index contributed by atoms with van der Waals surface area (Å²) < 4.78 is 0. The van der Waals surface area contributed by atoms with E-state index in [1.807, 2.05) is 60.7 Å². The van der Waals surface area contributed by atoms with Gasteiger partial charge in [-0.25, -0.2) is 0 Å². The van der Waals surface area contributed by atoms with Crippen molar-refractivity contribution < 1.29 is 14.4 Å². The third-order valence-corrected chi connectivity index (χ3v) is 4.93. The Morgan fingerprint density at radius 2 is 1.20 bits per heavy atom. The summed E-state index contributed by atoms with van der Waals surface area (Å²) >= 11 is 0. The molecular formula is C24H21N3O3. The van der Waals surface area contributed by atoms with Crippen molar-refractivity contribution in [1.29, 1.82) is 0 Å². The normalized spacial score (nSPS) is 12.6. The number of fused-ring (bicyclic) bond motifs is 1. The predicted octanol–water partition coefficient (Wildman–Crippen LogP) is 3.93. The molecule has 0 spiro atoms. The summed E-state index contributed by atoms with van der Waals surface area (Å²) in [5.41, 5.74) is 5.43. The molecule has 3 aromatic rings. The number of hydrogen-bond donors (Lipinski definition) is 1. The summed E-state index contributed by atoms with van der Waals surface area (Å²) in [5.74, 6) is -0.795. The molecule has 1 aliphatic rings. The molecule has 0 saturated heterocycles. The summed E-state index contributed by atoms with van der Waals surface area (Å²) in [5, 5.41) is 1.73. The molecule has 3 amide bonds. The van der Waals surface area contributed by atoms with E-state index in [1.165, 1.54) is 4.90 Å². The maximum Gasteiger partial charge on any atom is 0.261 e. The van der Waals surface area contributed by atoms with Crippen LogP contribution in [-0.4, -0.2) is 29.2 Å². The molecule has 0 saturated carbocycles. The van der Waals surface area contributed by atoms with Gasteiger partial charge in [-0.15, -0.1) is 0 Å². The molecule has 0 atom stereocenters. The minimum absolute atomic E-state index is 0.184. The second kappa shape index (κ2) is 8.61. The summed E-state index contributed by atoms with van der Waals surface area (Å²) in [7, 11) is 0. The highest BCUT2D eigenvalue weighted by molar-refractivity contribution is 6.21. The maximum atomic E-state index is 12.6. The number of rotatable bonds is 7. The highest BCUT2D eigenvalue weighted by Gasteiger charge is 2.34. The number of carbonyl (C=O) groups is 3. The number of amides is 3. The SMILES string of the molecule is O=C(CCCN1C(=O)c2ccccc2C1=O)NN(c1ccccc1)c1ccccc1. The predicted molar refractivity (Wildman–Crippen MR) is 114 cm³/mol. The fourth-order valence-electron chi connectivity index (χ4n) is 3.45. The van der Waals surface area contributed by atoms with Gasteiger partial charge in [0, 0.05) is 13.0 Å². The third kappa shape index (κ3) is 3.93. The van der Waals surface area contributed by atoms with Crippen LogP contribution in [0, 0.1) is 0 Å². The number of imide groups is 1. The molecule has 1 aliphatic heterocycles. The average Bonchev–Trinajstić information content (AvgIpc) is 3.04. The lowest BCUT2D eigenvalue weighted by atomic mass is 10.1. The molecule has 30 heavy (non-hydrogen) atoms. The Morgan fingerprint density at radius 1 is 0.733 bits per heavy atom. The van der Waals surface area contributed by atoms with Crippen LogP contribution in [0.15, 0.2) is 84.9 Å². The smallest absolute Gasteiger partial charge is 0.261 e. The molecule has 0 aliphatic carbocycles. The minimum Gasteiger partial charge on any atom is -0.274 e. The van der Waals surface area contributed by atoms with Gasteiger partial charge in [0.25, 0.3) is 11.8 Å². The Hall–Kier alpha value is -3.93. The molecule has 150 valence electrons. The lowest BCUT2D eigenvalue weighted by molar-refractivity contribution is -0.121. The Bertz CT molecular complexity index is 993.